The summed E-state index contributed by atoms with van der Waals surface area (Å²) in [6, 6.07) is 6.78. The van der Waals surface area contributed by atoms with Crippen LogP contribution in [0, 0.1) is 5.92 Å². The molecule has 4 heteroatoms. The van der Waals surface area contributed by atoms with E-state index in [0.717, 1.165) is 18.6 Å². The number of amides is 1. The minimum atomic E-state index is -0.0142. The maximum absolute atomic E-state index is 11.8. The SMILES string of the molecule is CC1OCCC1CNC(=O)Cc1cccc(O)c1. The van der Waals surface area contributed by atoms with Crippen molar-refractivity contribution in [2.75, 3.05) is 13.2 Å². The lowest BCUT2D eigenvalue weighted by atomic mass is 10.0. The van der Waals surface area contributed by atoms with Gasteiger partial charge in [0.2, 0.25) is 5.91 Å². The Morgan fingerprint density at radius 3 is 3.06 bits per heavy atom. The van der Waals surface area contributed by atoms with Gasteiger partial charge >= 0.3 is 0 Å². The molecule has 1 fully saturated rings. The van der Waals surface area contributed by atoms with Gasteiger partial charge in [0.05, 0.1) is 12.5 Å². The highest BCUT2D eigenvalue weighted by Crippen LogP contribution is 2.19. The number of carbonyl (C=O) groups excluding carboxylic acids is 1. The minimum absolute atomic E-state index is 0.0142. The number of benzene rings is 1. The fraction of sp³-hybridized carbons (Fsp3) is 0.500. The second kappa shape index (κ2) is 5.87. The van der Waals surface area contributed by atoms with E-state index in [4.69, 9.17) is 4.74 Å². The number of aromatic hydroxyl groups is 1. The van der Waals surface area contributed by atoms with Gasteiger partial charge in [0.15, 0.2) is 0 Å². The Hall–Kier alpha value is -1.55. The van der Waals surface area contributed by atoms with Crippen LogP contribution in [-0.4, -0.2) is 30.3 Å². The van der Waals surface area contributed by atoms with Crippen LogP contribution in [0.2, 0.25) is 0 Å². The van der Waals surface area contributed by atoms with Crippen molar-refractivity contribution in [2.45, 2.75) is 25.9 Å². The van der Waals surface area contributed by atoms with Crippen LogP contribution in [0.15, 0.2) is 24.3 Å². The molecule has 0 saturated carbocycles. The summed E-state index contributed by atoms with van der Waals surface area (Å²) in [5.41, 5.74) is 0.822. The Balaban J connectivity index is 1.78. The fourth-order valence-electron chi connectivity index (χ4n) is 2.20. The lowest BCUT2D eigenvalue weighted by molar-refractivity contribution is -0.120. The van der Waals surface area contributed by atoms with Crippen molar-refractivity contribution >= 4 is 5.91 Å². The van der Waals surface area contributed by atoms with Crippen LogP contribution < -0.4 is 5.32 Å². The highest BCUT2D eigenvalue weighted by Gasteiger charge is 2.24. The summed E-state index contributed by atoms with van der Waals surface area (Å²) in [4.78, 5) is 11.8. The number of rotatable bonds is 4. The second-order valence-electron chi connectivity index (χ2n) is 4.78. The van der Waals surface area contributed by atoms with Crippen LogP contribution in [0.5, 0.6) is 5.75 Å². The maximum atomic E-state index is 11.8. The smallest absolute Gasteiger partial charge is 0.224 e. The third-order valence-corrected chi connectivity index (χ3v) is 3.37. The molecular weight excluding hydrogens is 230 g/mol. The Morgan fingerprint density at radius 1 is 1.56 bits per heavy atom. The summed E-state index contributed by atoms with van der Waals surface area (Å²) in [6.45, 7) is 3.49. The van der Waals surface area contributed by atoms with Gasteiger partial charge in [-0.2, -0.15) is 0 Å². The highest BCUT2D eigenvalue weighted by molar-refractivity contribution is 5.78. The van der Waals surface area contributed by atoms with Crippen LogP contribution in [0.25, 0.3) is 0 Å². The van der Waals surface area contributed by atoms with Crippen molar-refractivity contribution in [3.05, 3.63) is 29.8 Å². The topological polar surface area (TPSA) is 58.6 Å². The van der Waals surface area contributed by atoms with E-state index in [0.29, 0.717) is 18.9 Å². The first-order chi connectivity index (χ1) is 8.65. The van der Waals surface area contributed by atoms with E-state index in [-0.39, 0.29) is 17.8 Å². The summed E-state index contributed by atoms with van der Waals surface area (Å²) < 4.78 is 5.45. The predicted octanol–water partition coefficient (Wildman–Crippen LogP) is 1.48. The zero-order valence-electron chi connectivity index (χ0n) is 10.6. The monoisotopic (exact) mass is 249 g/mol. The zero-order valence-corrected chi connectivity index (χ0v) is 10.6. The molecule has 0 aromatic heterocycles. The first-order valence-electron chi connectivity index (χ1n) is 6.31. The molecule has 98 valence electrons. The number of nitrogens with one attached hydrogen (secondary N) is 1. The summed E-state index contributed by atoms with van der Waals surface area (Å²) in [6.07, 6.45) is 1.54. The first kappa shape index (κ1) is 12.9. The standard InChI is InChI=1S/C14H19NO3/c1-10-12(5-6-18-10)9-15-14(17)8-11-3-2-4-13(16)7-11/h2-4,7,10,12,16H,5-6,8-9H2,1H3,(H,15,17). The molecule has 2 rings (SSSR count). The van der Waals surface area contributed by atoms with Crippen LogP contribution >= 0.6 is 0 Å². The highest BCUT2D eigenvalue weighted by atomic mass is 16.5. The average Bonchev–Trinajstić information content (AvgIpc) is 2.72. The van der Waals surface area contributed by atoms with Crippen molar-refractivity contribution in [1.29, 1.82) is 0 Å². The van der Waals surface area contributed by atoms with Gasteiger partial charge < -0.3 is 15.2 Å². The van der Waals surface area contributed by atoms with Crippen LogP contribution in [-0.2, 0) is 16.0 Å². The minimum Gasteiger partial charge on any atom is -0.508 e. The van der Waals surface area contributed by atoms with Crippen molar-refractivity contribution < 1.29 is 14.6 Å². The number of ether oxygens (including phenoxy) is 1. The summed E-state index contributed by atoms with van der Waals surface area (Å²) in [5, 5.41) is 12.2. The lowest BCUT2D eigenvalue weighted by Gasteiger charge is -2.14. The molecule has 0 radical (unpaired) electrons. The number of phenols is 1. The van der Waals surface area contributed by atoms with Crippen molar-refractivity contribution in [3.8, 4) is 5.75 Å². The van der Waals surface area contributed by atoms with Gasteiger partial charge in [-0.3, -0.25) is 4.79 Å². The van der Waals surface area contributed by atoms with E-state index in [1.807, 2.05) is 13.0 Å². The van der Waals surface area contributed by atoms with Crippen molar-refractivity contribution in [1.82, 2.24) is 5.32 Å². The molecule has 2 N–H and O–H groups in total. The summed E-state index contributed by atoms with van der Waals surface area (Å²) in [5.74, 6) is 0.593. The van der Waals surface area contributed by atoms with Crippen molar-refractivity contribution in [2.24, 2.45) is 5.92 Å². The van der Waals surface area contributed by atoms with Crippen LogP contribution in [0.3, 0.4) is 0 Å². The van der Waals surface area contributed by atoms with E-state index < -0.39 is 0 Å². The van der Waals surface area contributed by atoms with Gasteiger partial charge in [-0.15, -0.1) is 0 Å². The number of hydrogen-bond acceptors (Lipinski definition) is 3. The molecule has 2 unspecified atom stereocenters. The maximum Gasteiger partial charge on any atom is 0.224 e. The summed E-state index contributed by atoms with van der Waals surface area (Å²) >= 11 is 0. The predicted molar refractivity (Wildman–Crippen MR) is 68.3 cm³/mol. The molecule has 18 heavy (non-hydrogen) atoms. The number of carbonyl (C=O) groups is 1. The molecule has 4 nitrogen and oxygen atoms in total. The molecule has 1 saturated heterocycles. The van der Waals surface area contributed by atoms with Gasteiger partial charge in [-0.05, 0) is 31.0 Å². The Morgan fingerprint density at radius 2 is 2.39 bits per heavy atom. The number of hydrogen-bond donors (Lipinski definition) is 2. The zero-order chi connectivity index (χ0) is 13.0. The molecule has 1 aliphatic heterocycles. The molecule has 1 aromatic carbocycles. The van der Waals surface area contributed by atoms with E-state index in [9.17, 15) is 9.90 Å². The van der Waals surface area contributed by atoms with E-state index >= 15 is 0 Å². The first-order valence-corrected chi connectivity index (χ1v) is 6.31. The number of phenolic OH excluding ortho intramolecular Hbond substituents is 1. The molecule has 2 atom stereocenters. The molecular formula is C14H19NO3. The molecule has 0 spiro atoms. The van der Waals surface area contributed by atoms with E-state index in [2.05, 4.69) is 5.32 Å². The quantitative estimate of drug-likeness (QED) is 0.849. The van der Waals surface area contributed by atoms with Gasteiger partial charge in [0.25, 0.3) is 0 Å². The van der Waals surface area contributed by atoms with Crippen molar-refractivity contribution in [3.63, 3.8) is 0 Å². The van der Waals surface area contributed by atoms with Gasteiger partial charge in [0.1, 0.15) is 5.75 Å². The molecule has 1 aliphatic rings. The molecule has 1 heterocycles. The Bertz CT molecular complexity index is 419. The summed E-state index contributed by atoms with van der Waals surface area (Å²) in [7, 11) is 0. The molecule has 1 aromatic rings. The van der Waals surface area contributed by atoms with E-state index in [1.165, 1.54) is 0 Å². The second-order valence-corrected chi connectivity index (χ2v) is 4.78. The van der Waals surface area contributed by atoms with Gasteiger partial charge in [0, 0.05) is 19.1 Å². The third kappa shape index (κ3) is 3.47. The largest absolute Gasteiger partial charge is 0.508 e. The van der Waals surface area contributed by atoms with Crippen LogP contribution in [0.4, 0.5) is 0 Å². The molecule has 1 amide bonds. The van der Waals surface area contributed by atoms with Gasteiger partial charge in [-0.1, -0.05) is 12.1 Å². The van der Waals surface area contributed by atoms with Gasteiger partial charge in [-0.25, -0.2) is 0 Å². The normalized spacial score (nSPS) is 22.9. The van der Waals surface area contributed by atoms with E-state index in [1.54, 1.807) is 18.2 Å². The average molecular weight is 249 g/mol. The van der Waals surface area contributed by atoms with Crippen LogP contribution in [0.1, 0.15) is 18.9 Å². The Kier molecular flexibility index (Phi) is 4.20. The third-order valence-electron chi connectivity index (χ3n) is 3.37. The molecule has 0 aliphatic carbocycles. The Labute approximate surface area is 107 Å². The lowest BCUT2D eigenvalue weighted by Crippen LogP contribution is -2.32. The fourth-order valence-corrected chi connectivity index (χ4v) is 2.20. The molecule has 0 bridgehead atoms.